The third-order valence-electron chi connectivity index (χ3n) is 8.54. The Kier molecular flexibility index (Phi) is 8.44. The Bertz CT molecular complexity index is 1840. The summed E-state index contributed by atoms with van der Waals surface area (Å²) in [4.78, 5) is 26.6. The Morgan fingerprint density at radius 3 is 2.47 bits per heavy atom. The van der Waals surface area contributed by atoms with Crippen LogP contribution in [0.25, 0.3) is 22.3 Å². The SMILES string of the molecule is Cc1ccc(C(=O)Nc2ccc(CN3CCN(C)CC3)c(C(F)(F)F)c2)cc1Cc1cc(-c2cccnc2)nc2c1ccn2C. The lowest BCUT2D eigenvalue weighted by atomic mass is 9.96. The van der Waals surface area contributed by atoms with Gasteiger partial charge in [-0.2, -0.15) is 13.2 Å². The number of piperazine rings is 1. The van der Waals surface area contributed by atoms with Gasteiger partial charge in [0, 0.05) is 80.6 Å². The van der Waals surface area contributed by atoms with Crippen LogP contribution in [0.2, 0.25) is 0 Å². The lowest BCUT2D eigenvalue weighted by Crippen LogP contribution is -2.44. The van der Waals surface area contributed by atoms with E-state index in [4.69, 9.17) is 4.98 Å². The molecule has 6 rings (SSSR count). The van der Waals surface area contributed by atoms with E-state index in [2.05, 4.69) is 15.2 Å². The van der Waals surface area contributed by atoms with E-state index in [1.54, 1.807) is 24.5 Å². The fourth-order valence-electron chi connectivity index (χ4n) is 5.82. The number of hydrogen-bond donors (Lipinski definition) is 1. The zero-order valence-electron chi connectivity index (χ0n) is 25.5. The van der Waals surface area contributed by atoms with Crippen LogP contribution in [-0.4, -0.2) is 63.5 Å². The molecule has 3 aromatic heterocycles. The van der Waals surface area contributed by atoms with Gasteiger partial charge in [-0.1, -0.05) is 12.1 Å². The number of nitrogens with zero attached hydrogens (tertiary/aromatic N) is 5. The van der Waals surface area contributed by atoms with Gasteiger partial charge in [0.1, 0.15) is 5.65 Å². The van der Waals surface area contributed by atoms with Gasteiger partial charge in [-0.15, -0.1) is 0 Å². The minimum Gasteiger partial charge on any atom is -0.336 e. The first-order valence-corrected chi connectivity index (χ1v) is 14.9. The Labute approximate surface area is 260 Å². The largest absolute Gasteiger partial charge is 0.416 e. The highest BCUT2D eigenvalue weighted by Crippen LogP contribution is 2.35. The Morgan fingerprint density at radius 2 is 1.73 bits per heavy atom. The molecule has 0 unspecified atom stereocenters. The van der Waals surface area contributed by atoms with Crippen molar-refractivity contribution in [2.75, 3.05) is 38.5 Å². The average Bonchev–Trinajstić information content (AvgIpc) is 3.40. The number of hydrogen-bond acceptors (Lipinski definition) is 5. The van der Waals surface area contributed by atoms with Crippen molar-refractivity contribution >= 4 is 22.6 Å². The summed E-state index contributed by atoms with van der Waals surface area (Å²) in [7, 11) is 3.96. The Hall–Kier alpha value is -4.54. The van der Waals surface area contributed by atoms with E-state index in [0.29, 0.717) is 25.1 Å². The summed E-state index contributed by atoms with van der Waals surface area (Å²) in [6, 6.07) is 17.4. The fraction of sp³-hybridized carbons (Fsp3) is 0.286. The van der Waals surface area contributed by atoms with Gasteiger partial charge in [-0.3, -0.25) is 14.7 Å². The third kappa shape index (κ3) is 6.77. The molecule has 10 heteroatoms. The van der Waals surface area contributed by atoms with Crippen molar-refractivity contribution in [2.45, 2.75) is 26.1 Å². The number of aromatic nitrogens is 3. The summed E-state index contributed by atoms with van der Waals surface area (Å²) >= 11 is 0. The number of aryl methyl sites for hydroxylation is 2. The molecule has 1 aliphatic rings. The first-order valence-electron chi connectivity index (χ1n) is 14.9. The second kappa shape index (κ2) is 12.5. The van der Waals surface area contributed by atoms with Gasteiger partial charge in [-0.05, 0) is 91.2 Å². The average molecular weight is 613 g/mol. The number of pyridine rings is 2. The third-order valence-corrected chi connectivity index (χ3v) is 8.54. The number of amides is 1. The first kappa shape index (κ1) is 30.5. The van der Waals surface area contributed by atoms with Gasteiger partial charge in [0.2, 0.25) is 0 Å². The van der Waals surface area contributed by atoms with E-state index in [9.17, 15) is 18.0 Å². The van der Waals surface area contributed by atoms with E-state index in [1.165, 1.54) is 6.07 Å². The van der Waals surface area contributed by atoms with E-state index >= 15 is 0 Å². The zero-order chi connectivity index (χ0) is 31.7. The summed E-state index contributed by atoms with van der Waals surface area (Å²) in [5.41, 5.74) is 5.50. The highest BCUT2D eigenvalue weighted by molar-refractivity contribution is 6.04. The van der Waals surface area contributed by atoms with Crippen molar-refractivity contribution < 1.29 is 18.0 Å². The second-order valence-electron chi connectivity index (χ2n) is 11.8. The molecular weight excluding hydrogens is 577 g/mol. The molecule has 0 bridgehead atoms. The molecule has 1 N–H and O–H groups in total. The number of carbonyl (C=O) groups is 1. The Morgan fingerprint density at radius 1 is 0.933 bits per heavy atom. The van der Waals surface area contributed by atoms with Gasteiger partial charge in [0.25, 0.3) is 5.91 Å². The van der Waals surface area contributed by atoms with Gasteiger partial charge in [0.05, 0.1) is 11.3 Å². The van der Waals surface area contributed by atoms with Gasteiger partial charge in [0.15, 0.2) is 0 Å². The molecule has 0 atom stereocenters. The molecule has 1 amide bonds. The maximum atomic E-state index is 14.1. The smallest absolute Gasteiger partial charge is 0.336 e. The quantitative estimate of drug-likeness (QED) is 0.226. The predicted molar refractivity (Wildman–Crippen MR) is 170 cm³/mol. The van der Waals surface area contributed by atoms with Crippen LogP contribution >= 0.6 is 0 Å². The number of halogens is 3. The maximum Gasteiger partial charge on any atom is 0.416 e. The lowest BCUT2D eigenvalue weighted by Gasteiger charge is -2.33. The standard InChI is InChI=1S/C35H35F3N6O/c1-23-6-7-24(17-27(23)18-28-19-32(25-5-4-11-39-21-25)41-33-30(28)10-12-43(33)3)34(45)40-29-9-8-26(31(20-29)35(36,37)38)22-44-15-13-42(2)14-16-44/h4-12,17,19-21H,13-16,18,22H2,1-3H3,(H,40,45). The normalized spacial score (nSPS) is 14.6. The summed E-state index contributed by atoms with van der Waals surface area (Å²) in [5, 5.41) is 3.71. The van der Waals surface area contributed by atoms with E-state index < -0.39 is 17.6 Å². The monoisotopic (exact) mass is 612 g/mol. The lowest BCUT2D eigenvalue weighted by molar-refractivity contribution is -0.138. The number of fused-ring (bicyclic) bond motifs is 1. The molecule has 4 heterocycles. The van der Waals surface area contributed by atoms with Crippen LogP contribution in [0, 0.1) is 6.92 Å². The summed E-state index contributed by atoms with van der Waals surface area (Å²) in [5.74, 6) is -0.466. The molecule has 7 nitrogen and oxygen atoms in total. The number of benzene rings is 2. The zero-order valence-corrected chi connectivity index (χ0v) is 25.5. The molecule has 1 fully saturated rings. The van der Waals surface area contributed by atoms with Gasteiger partial charge < -0.3 is 14.8 Å². The molecular formula is C35H35F3N6O. The molecule has 0 aliphatic carbocycles. The number of rotatable bonds is 7. The summed E-state index contributed by atoms with van der Waals surface area (Å²) < 4.78 is 44.3. The molecule has 1 saturated heterocycles. The van der Waals surface area contributed by atoms with E-state index in [1.807, 2.05) is 73.1 Å². The fourth-order valence-corrected chi connectivity index (χ4v) is 5.82. The highest BCUT2D eigenvalue weighted by Gasteiger charge is 2.34. The molecule has 5 aromatic rings. The molecule has 0 spiro atoms. The van der Waals surface area contributed by atoms with Crippen LogP contribution in [-0.2, 0) is 26.2 Å². The van der Waals surface area contributed by atoms with Crippen molar-refractivity contribution in [3.8, 4) is 11.3 Å². The molecule has 1 aliphatic heterocycles. The predicted octanol–water partition coefficient (Wildman–Crippen LogP) is 6.55. The molecule has 45 heavy (non-hydrogen) atoms. The van der Waals surface area contributed by atoms with Gasteiger partial charge in [-0.25, -0.2) is 4.98 Å². The minimum absolute atomic E-state index is 0.109. The maximum absolute atomic E-state index is 14.1. The van der Waals surface area contributed by atoms with E-state index in [0.717, 1.165) is 58.1 Å². The first-order chi connectivity index (χ1) is 21.5. The van der Waals surface area contributed by atoms with Crippen molar-refractivity contribution in [1.29, 1.82) is 0 Å². The molecule has 0 saturated carbocycles. The minimum atomic E-state index is -4.54. The van der Waals surface area contributed by atoms with Crippen LogP contribution < -0.4 is 5.32 Å². The molecule has 2 aromatic carbocycles. The molecule has 232 valence electrons. The summed E-state index contributed by atoms with van der Waals surface area (Å²) in [6.45, 7) is 5.25. The van der Waals surface area contributed by atoms with Crippen LogP contribution in [0.5, 0.6) is 0 Å². The van der Waals surface area contributed by atoms with Crippen LogP contribution in [0.3, 0.4) is 0 Å². The Balaban J connectivity index is 1.25. The number of carbonyl (C=O) groups excluding carboxylic acids is 1. The van der Waals surface area contributed by atoms with Crippen LogP contribution in [0.1, 0.15) is 38.2 Å². The number of alkyl halides is 3. The molecule has 0 radical (unpaired) electrons. The van der Waals surface area contributed by atoms with Crippen molar-refractivity contribution in [3.63, 3.8) is 0 Å². The number of likely N-dealkylation sites (N-methyl/N-ethyl adjacent to an activating group) is 1. The van der Waals surface area contributed by atoms with E-state index in [-0.39, 0.29) is 17.8 Å². The highest BCUT2D eigenvalue weighted by atomic mass is 19.4. The topological polar surface area (TPSA) is 66.3 Å². The summed E-state index contributed by atoms with van der Waals surface area (Å²) in [6.07, 6.45) is 1.47. The number of nitrogens with one attached hydrogen (secondary N) is 1. The van der Waals surface area contributed by atoms with Crippen LogP contribution in [0.15, 0.2) is 79.3 Å². The van der Waals surface area contributed by atoms with Crippen molar-refractivity contribution in [1.82, 2.24) is 24.3 Å². The van der Waals surface area contributed by atoms with Gasteiger partial charge >= 0.3 is 6.18 Å². The van der Waals surface area contributed by atoms with Crippen LogP contribution in [0.4, 0.5) is 18.9 Å². The van der Waals surface area contributed by atoms with Crippen molar-refractivity contribution in [2.24, 2.45) is 7.05 Å². The van der Waals surface area contributed by atoms with Crippen molar-refractivity contribution in [3.05, 3.63) is 113 Å². The number of anilines is 1. The second-order valence-corrected chi connectivity index (χ2v) is 11.8.